The van der Waals surface area contributed by atoms with Crippen LogP contribution in [0.25, 0.3) is 22.4 Å². The van der Waals surface area contributed by atoms with Crippen molar-refractivity contribution in [1.82, 2.24) is 30.6 Å². The summed E-state index contributed by atoms with van der Waals surface area (Å²) in [6, 6.07) is 3.62. The first-order chi connectivity index (χ1) is 8.66. The van der Waals surface area contributed by atoms with Crippen molar-refractivity contribution < 1.29 is 9.90 Å². The van der Waals surface area contributed by atoms with E-state index < -0.39 is 5.97 Å². The number of carbonyl (C=O) groups is 1. The van der Waals surface area contributed by atoms with Crippen LogP contribution in [0.3, 0.4) is 0 Å². The van der Waals surface area contributed by atoms with Crippen molar-refractivity contribution in [3.63, 3.8) is 0 Å². The summed E-state index contributed by atoms with van der Waals surface area (Å²) in [5, 5.41) is 22.6. The Kier molecular flexibility index (Phi) is 2.09. The van der Waals surface area contributed by atoms with Crippen LogP contribution in [0, 0.1) is 6.92 Å². The van der Waals surface area contributed by atoms with Crippen LogP contribution in [0.5, 0.6) is 0 Å². The van der Waals surface area contributed by atoms with Gasteiger partial charge in [-0.3, -0.25) is 0 Å². The van der Waals surface area contributed by atoms with Crippen molar-refractivity contribution in [2.75, 3.05) is 0 Å². The summed E-state index contributed by atoms with van der Waals surface area (Å²) in [6.07, 6.45) is 0. The van der Waals surface area contributed by atoms with Crippen molar-refractivity contribution in [3.8, 4) is 11.4 Å². The fraction of sp³-hybridized carbons (Fsp3) is 0.100. The summed E-state index contributed by atoms with van der Waals surface area (Å²) in [6.45, 7) is 1.88. The van der Waals surface area contributed by atoms with E-state index in [4.69, 9.17) is 5.11 Å². The van der Waals surface area contributed by atoms with E-state index >= 15 is 0 Å². The van der Waals surface area contributed by atoms with Crippen LogP contribution >= 0.6 is 0 Å². The lowest BCUT2D eigenvalue weighted by atomic mass is 10.1. The summed E-state index contributed by atoms with van der Waals surface area (Å²) >= 11 is 0. The molecular weight excluding hydrogens is 236 g/mol. The molecule has 0 spiro atoms. The third-order valence-electron chi connectivity index (χ3n) is 2.63. The molecule has 0 unspecified atom stereocenters. The highest BCUT2D eigenvalue weighted by atomic mass is 16.4. The molecule has 0 saturated heterocycles. The van der Waals surface area contributed by atoms with Gasteiger partial charge in [0.15, 0.2) is 0 Å². The number of carboxylic acid groups (broad SMARTS) is 1. The lowest BCUT2D eigenvalue weighted by Gasteiger charge is -2.00. The fourth-order valence-electron chi connectivity index (χ4n) is 1.83. The molecule has 18 heavy (non-hydrogen) atoms. The molecule has 8 nitrogen and oxygen atoms in total. The summed E-state index contributed by atoms with van der Waals surface area (Å²) < 4.78 is 0. The minimum absolute atomic E-state index is 0.111. The van der Waals surface area contributed by atoms with E-state index in [1.54, 1.807) is 6.07 Å². The molecule has 3 aromatic rings. The Bertz CT molecular complexity index is 730. The molecule has 1 aromatic carbocycles. The third-order valence-corrected chi connectivity index (χ3v) is 2.63. The summed E-state index contributed by atoms with van der Waals surface area (Å²) in [4.78, 5) is 17.7. The lowest BCUT2D eigenvalue weighted by Crippen LogP contribution is -1.98. The predicted octanol–water partition coefficient (Wildman–Crippen LogP) is 0.750. The number of aromatic nitrogens is 6. The van der Waals surface area contributed by atoms with Gasteiger partial charge in [-0.2, -0.15) is 5.21 Å². The second-order valence-corrected chi connectivity index (χ2v) is 3.78. The first-order valence-corrected chi connectivity index (χ1v) is 5.13. The second kappa shape index (κ2) is 3.62. The van der Waals surface area contributed by atoms with E-state index in [-0.39, 0.29) is 5.82 Å². The van der Waals surface area contributed by atoms with Crippen LogP contribution in [-0.4, -0.2) is 41.7 Å². The highest BCUT2D eigenvalue weighted by Gasteiger charge is 2.17. The minimum Gasteiger partial charge on any atom is -0.475 e. The summed E-state index contributed by atoms with van der Waals surface area (Å²) in [5.74, 6) is -0.829. The Morgan fingerprint density at radius 1 is 1.39 bits per heavy atom. The van der Waals surface area contributed by atoms with E-state index in [9.17, 15) is 4.79 Å². The maximum Gasteiger partial charge on any atom is 0.371 e. The molecular formula is C10H8N6O2. The van der Waals surface area contributed by atoms with Gasteiger partial charge in [-0.25, -0.2) is 9.78 Å². The molecule has 90 valence electrons. The monoisotopic (exact) mass is 244 g/mol. The summed E-state index contributed by atoms with van der Waals surface area (Å²) in [5.41, 5.74) is 2.71. The van der Waals surface area contributed by atoms with Crippen molar-refractivity contribution in [2.24, 2.45) is 0 Å². The van der Waals surface area contributed by atoms with Crippen molar-refractivity contribution in [3.05, 3.63) is 23.5 Å². The van der Waals surface area contributed by atoms with E-state index in [0.29, 0.717) is 22.4 Å². The quantitative estimate of drug-likeness (QED) is 0.611. The van der Waals surface area contributed by atoms with Gasteiger partial charge in [0.05, 0.1) is 11.1 Å². The van der Waals surface area contributed by atoms with Gasteiger partial charge < -0.3 is 10.1 Å². The van der Waals surface area contributed by atoms with E-state index in [2.05, 4.69) is 30.6 Å². The van der Waals surface area contributed by atoms with Crippen molar-refractivity contribution in [1.29, 1.82) is 0 Å². The lowest BCUT2D eigenvalue weighted by molar-refractivity contribution is 0.0685. The molecule has 0 fully saturated rings. The maximum atomic E-state index is 10.9. The Morgan fingerprint density at radius 2 is 2.22 bits per heavy atom. The van der Waals surface area contributed by atoms with Crippen LogP contribution in [0.2, 0.25) is 0 Å². The Morgan fingerprint density at radius 3 is 2.89 bits per heavy atom. The van der Waals surface area contributed by atoms with Crippen LogP contribution in [-0.2, 0) is 0 Å². The van der Waals surface area contributed by atoms with E-state index in [0.717, 1.165) is 5.56 Å². The number of aromatic amines is 2. The molecule has 0 radical (unpaired) electrons. The molecule has 0 saturated carbocycles. The number of nitrogens with one attached hydrogen (secondary N) is 2. The zero-order valence-corrected chi connectivity index (χ0v) is 9.30. The number of benzene rings is 1. The molecule has 2 heterocycles. The number of nitrogens with zero attached hydrogens (tertiary/aromatic N) is 4. The number of aryl methyl sites for hydroxylation is 1. The van der Waals surface area contributed by atoms with Gasteiger partial charge in [-0.05, 0) is 23.8 Å². The van der Waals surface area contributed by atoms with Crippen LogP contribution < -0.4 is 0 Å². The number of hydrogen-bond acceptors (Lipinski definition) is 5. The van der Waals surface area contributed by atoms with Crippen LogP contribution in [0.4, 0.5) is 0 Å². The number of rotatable bonds is 2. The van der Waals surface area contributed by atoms with Gasteiger partial charge in [-0.15, -0.1) is 10.2 Å². The zero-order chi connectivity index (χ0) is 12.7. The molecule has 2 aromatic heterocycles. The maximum absolute atomic E-state index is 10.9. The number of imidazole rings is 1. The van der Waals surface area contributed by atoms with Gasteiger partial charge in [0.25, 0.3) is 0 Å². The van der Waals surface area contributed by atoms with Gasteiger partial charge in [0.2, 0.25) is 11.6 Å². The number of hydrogen-bond donors (Lipinski definition) is 3. The van der Waals surface area contributed by atoms with Gasteiger partial charge in [0.1, 0.15) is 5.52 Å². The zero-order valence-electron chi connectivity index (χ0n) is 9.30. The highest BCUT2D eigenvalue weighted by molar-refractivity contribution is 5.96. The van der Waals surface area contributed by atoms with E-state index in [1.165, 1.54) is 0 Å². The normalized spacial score (nSPS) is 10.9. The summed E-state index contributed by atoms with van der Waals surface area (Å²) in [7, 11) is 0. The largest absolute Gasteiger partial charge is 0.475 e. The van der Waals surface area contributed by atoms with Crippen molar-refractivity contribution >= 4 is 17.0 Å². The SMILES string of the molecule is Cc1ccc2[nH]c(C(=O)O)nc2c1-c1nn[nH]n1. The minimum atomic E-state index is -1.11. The molecule has 3 N–H and O–H groups in total. The Hall–Kier alpha value is -2.77. The van der Waals surface area contributed by atoms with Crippen LogP contribution in [0.1, 0.15) is 16.2 Å². The fourth-order valence-corrected chi connectivity index (χ4v) is 1.83. The average Bonchev–Trinajstić information content (AvgIpc) is 2.96. The number of fused-ring (bicyclic) bond motifs is 1. The van der Waals surface area contributed by atoms with Crippen LogP contribution in [0.15, 0.2) is 12.1 Å². The van der Waals surface area contributed by atoms with Crippen molar-refractivity contribution in [2.45, 2.75) is 6.92 Å². The molecule has 0 amide bonds. The highest BCUT2D eigenvalue weighted by Crippen LogP contribution is 2.27. The van der Waals surface area contributed by atoms with E-state index in [1.807, 2.05) is 13.0 Å². The molecule has 3 rings (SSSR count). The molecule has 0 atom stereocenters. The molecule has 0 aliphatic carbocycles. The number of carboxylic acids is 1. The topological polar surface area (TPSA) is 120 Å². The first kappa shape index (κ1) is 10.4. The number of H-pyrrole nitrogens is 2. The predicted molar refractivity (Wildman–Crippen MR) is 61.0 cm³/mol. The number of tetrazole rings is 1. The Labute approximate surface area is 100 Å². The third kappa shape index (κ3) is 1.43. The molecule has 8 heteroatoms. The Balaban J connectivity index is 2.35. The molecule has 0 aliphatic heterocycles. The van der Waals surface area contributed by atoms with Gasteiger partial charge in [0, 0.05) is 0 Å². The smallest absolute Gasteiger partial charge is 0.371 e. The van der Waals surface area contributed by atoms with Gasteiger partial charge in [-0.1, -0.05) is 6.07 Å². The number of aromatic carboxylic acids is 1. The molecule has 0 bridgehead atoms. The second-order valence-electron chi connectivity index (χ2n) is 3.78. The molecule has 0 aliphatic rings. The first-order valence-electron chi connectivity index (χ1n) is 5.13. The standard InChI is InChI=1S/C10H8N6O2/c1-4-2-3-5-7(12-9(11-5)10(17)18)6(4)8-13-15-16-14-8/h2-3H,1H3,(H,11,12)(H,17,18)(H,13,14,15,16). The average molecular weight is 244 g/mol. The van der Waals surface area contributed by atoms with Gasteiger partial charge >= 0.3 is 5.97 Å².